The number of amides is 3. The average molecular weight is 305 g/mol. The number of ether oxygens (including phenoxy) is 1. The fourth-order valence-electron chi connectivity index (χ4n) is 1.88. The third kappa shape index (κ3) is 4.89. The minimum absolute atomic E-state index is 0.0234. The highest BCUT2D eigenvalue weighted by Crippen LogP contribution is 2.10. The van der Waals surface area contributed by atoms with E-state index in [0.29, 0.717) is 18.7 Å². The molecule has 8 nitrogen and oxygen atoms in total. The van der Waals surface area contributed by atoms with Crippen LogP contribution >= 0.6 is 11.8 Å². The molecule has 0 spiro atoms. The van der Waals surface area contributed by atoms with Crippen LogP contribution in [0.5, 0.6) is 0 Å². The van der Waals surface area contributed by atoms with Gasteiger partial charge in [0.15, 0.2) is 6.10 Å². The van der Waals surface area contributed by atoms with Crippen molar-refractivity contribution in [3.63, 3.8) is 0 Å². The largest absolute Gasteiger partial charge is 0.479 e. The van der Waals surface area contributed by atoms with Crippen molar-refractivity contribution in [3.8, 4) is 0 Å². The molecule has 0 aromatic carbocycles. The second-order valence-corrected chi connectivity index (χ2v) is 5.31. The van der Waals surface area contributed by atoms with E-state index in [0.717, 1.165) is 0 Å². The first-order valence-corrected chi connectivity index (χ1v) is 7.53. The van der Waals surface area contributed by atoms with Gasteiger partial charge < -0.3 is 25.8 Å². The molecular formula is C11H19N3O5S. The number of urea groups is 1. The highest BCUT2D eigenvalue weighted by Gasteiger charge is 2.32. The fraction of sp³-hybridized carbons (Fsp3) is 0.727. The predicted molar refractivity (Wildman–Crippen MR) is 73.5 cm³/mol. The maximum absolute atomic E-state index is 12.3. The van der Waals surface area contributed by atoms with Crippen LogP contribution in [-0.4, -0.2) is 71.8 Å². The molecule has 1 saturated heterocycles. The molecule has 1 aliphatic rings. The number of carboxylic acids is 1. The van der Waals surface area contributed by atoms with Crippen LogP contribution < -0.4 is 11.1 Å². The lowest BCUT2D eigenvalue weighted by molar-refractivity contribution is -0.159. The molecule has 3 amide bonds. The standard InChI is InChI=1S/C11H19N3O5S/c1-20-5-2-7(13-11(12)18)9(15)14-3-4-19-8(6-14)10(16)17/h7-8H,2-6H2,1H3,(H,16,17)(H3,12,13,18). The summed E-state index contributed by atoms with van der Waals surface area (Å²) in [5, 5.41) is 11.3. The Morgan fingerprint density at radius 2 is 2.25 bits per heavy atom. The molecule has 4 N–H and O–H groups in total. The van der Waals surface area contributed by atoms with E-state index in [9.17, 15) is 14.4 Å². The number of nitrogens with zero attached hydrogens (tertiary/aromatic N) is 1. The minimum atomic E-state index is -1.11. The maximum atomic E-state index is 12.3. The molecular weight excluding hydrogens is 286 g/mol. The summed E-state index contributed by atoms with van der Waals surface area (Å²) < 4.78 is 5.05. The molecule has 1 rings (SSSR count). The van der Waals surface area contributed by atoms with Gasteiger partial charge in [-0.15, -0.1) is 0 Å². The highest BCUT2D eigenvalue weighted by molar-refractivity contribution is 7.98. The zero-order valence-corrected chi connectivity index (χ0v) is 12.0. The van der Waals surface area contributed by atoms with Crippen LogP contribution in [0.2, 0.25) is 0 Å². The van der Waals surface area contributed by atoms with E-state index in [4.69, 9.17) is 15.6 Å². The molecule has 1 heterocycles. The Morgan fingerprint density at radius 1 is 1.55 bits per heavy atom. The van der Waals surface area contributed by atoms with Crippen molar-refractivity contribution in [1.29, 1.82) is 0 Å². The Kier molecular flexibility index (Phi) is 6.59. The molecule has 2 atom stereocenters. The quantitative estimate of drug-likeness (QED) is 0.584. The predicted octanol–water partition coefficient (Wildman–Crippen LogP) is -0.912. The minimum Gasteiger partial charge on any atom is -0.479 e. The Bertz CT molecular complexity index is 379. The van der Waals surface area contributed by atoms with E-state index in [-0.39, 0.29) is 19.1 Å². The highest BCUT2D eigenvalue weighted by atomic mass is 32.2. The van der Waals surface area contributed by atoms with Crippen molar-refractivity contribution >= 4 is 29.7 Å². The van der Waals surface area contributed by atoms with E-state index in [1.165, 1.54) is 4.90 Å². The van der Waals surface area contributed by atoms with Crippen molar-refractivity contribution in [2.24, 2.45) is 5.73 Å². The monoisotopic (exact) mass is 305 g/mol. The zero-order valence-electron chi connectivity index (χ0n) is 11.2. The van der Waals surface area contributed by atoms with Gasteiger partial charge in [-0.2, -0.15) is 11.8 Å². The number of hydrogen-bond acceptors (Lipinski definition) is 5. The Hall–Kier alpha value is -1.48. The summed E-state index contributed by atoms with van der Waals surface area (Å²) in [6, 6.07) is -1.50. The van der Waals surface area contributed by atoms with Crippen molar-refractivity contribution < 1.29 is 24.2 Å². The van der Waals surface area contributed by atoms with Crippen LogP contribution in [0.4, 0.5) is 4.79 Å². The number of primary amides is 1. The van der Waals surface area contributed by atoms with Gasteiger partial charge in [-0.25, -0.2) is 9.59 Å². The second kappa shape index (κ2) is 7.95. The van der Waals surface area contributed by atoms with Crippen molar-refractivity contribution in [2.45, 2.75) is 18.6 Å². The SMILES string of the molecule is CSCCC(NC(N)=O)C(=O)N1CCOC(C(=O)O)C1. The lowest BCUT2D eigenvalue weighted by atomic mass is 10.1. The van der Waals surface area contributed by atoms with E-state index in [1.54, 1.807) is 11.8 Å². The number of nitrogens with one attached hydrogen (secondary N) is 1. The summed E-state index contributed by atoms with van der Waals surface area (Å²) in [6.07, 6.45) is 1.31. The fourth-order valence-corrected chi connectivity index (χ4v) is 2.36. The van der Waals surface area contributed by atoms with Gasteiger partial charge in [-0.3, -0.25) is 4.79 Å². The van der Waals surface area contributed by atoms with Crippen molar-refractivity contribution in [3.05, 3.63) is 0 Å². The molecule has 9 heteroatoms. The molecule has 0 bridgehead atoms. The van der Waals surface area contributed by atoms with Gasteiger partial charge in [-0.1, -0.05) is 0 Å². The number of thioether (sulfide) groups is 1. The van der Waals surface area contributed by atoms with E-state index in [2.05, 4.69) is 5.32 Å². The first kappa shape index (κ1) is 16.6. The van der Waals surface area contributed by atoms with E-state index >= 15 is 0 Å². The van der Waals surface area contributed by atoms with Crippen molar-refractivity contribution in [2.75, 3.05) is 31.7 Å². The number of morpholine rings is 1. The second-order valence-electron chi connectivity index (χ2n) is 4.32. The zero-order chi connectivity index (χ0) is 15.1. The summed E-state index contributed by atoms with van der Waals surface area (Å²) in [7, 11) is 0. The van der Waals surface area contributed by atoms with Gasteiger partial charge in [0.05, 0.1) is 13.2 Å². The molecule has 0 aromatic heterocycles. The number of aliphatic carboxylic acids is 1. The average Bonchev–Trinajstić information content (AvgIpc) is 2.42. The molecule has 0 aromatic rings. The van der Waals surface area contributed by atoms with Gasteiger partial charge >= 0.3 is 12.0 Å². The molecule has 20 heavy (non-hydrogen) atoms. The molecule has 2 unspecified atom stereocenters. The topological polar surface area (TPSA) is 122 Å². The summed E-state index contributed by atoms with van der Waals surface area (Å²) in [5.41, 5.74) is 5.06. The Labute approximate surface area is 121 Å². The van der Waals surface area contributed by atoms with Crippen LogP contribution in [-0.2, 0) is 14.3 Å². The summed E-state index contributed by atoms with van der Waals surface area (Å²) in [5.74, 6) is -0.748. The molecule has 1 aliphatic heterocycles. The number of carboxylic acid groups (broad SMARTS) is 1. The van der Waals surface area contributed by atoms with Crippen molar-refractivity contribution in [1.82, 2.24) is 10.2 Å². The van der Waals surface area contributed by atoms with Gasteiger partial charge in [0.25, 0.3) is 0 Å². The third-order valence-corrected chi connectivity index (χ3v) is 3.52. The number of carbonyl (C=O) groups is 3. The van der Waals surface area contributed by atoms with Crippen LogP contribution in [0.25, 0.3) is 0 Å². The third-order valence-electron chi connectivity index (χ3n) is 2.88. The van der Waals surface area contributed by atoms with Gasteiger partial charge in [-0.05, 0) is 18.4 Å². The lowest BCUT2D eigenvalue weighted by Crippen LogP contribution is -2.55. The normalized spacial score (nSPS) is 20.2. The smallest absolute Gasteiger partial charge is 0.334 e. The summed E-state index contributed by atoms with van der Waals surface area (Å²) in [6.45, 7) is 0.442. The van der Waals surface area contributed by atoms with Crippen LogP contribution in [0.15, 0.2) is 0 Å². The Morgan fingerprint density at radius 3 is 2.80 bits per heavy atom. The van der Waals surface area contributed by atoms with Crippen LogP contribution in [0.1, 0.15) is 6.42 Å². The van der Waals surface area contributed by atoms with E-state index in [1.807, 2.05) is 6.26 Å². The first-order chi connectivity index (χ1) is 9.45. The number of nitrogens with two attached hydrogens (primary N) is 1. The molecule has 1 fully saturated rings. The maximum Gasteiger partial charge on any atom is 0.334 e. The number of hydrogen-bond donors (Lipinski definition) is 3. The Balaban J connectivity index is 2.67. The number of rotatable bonds is 6. The molecule has 114 valence electrons. The summed E-state index contributed by atoms with van der Waals surface area (Å²) >= 11 is 1.54. The van der Waals surface area contributed by atoms with Crippen LogP contribution in [0.3, 0.4) is 0 Å². The lowest BCUT2D eigenvalue weighted by Gasteiger charge is -2.33. The number of carbonyl (C=O) groups excluding carboxylic acids is 2. The molecule has 0 saturated carbocycles. The van der Waals surface area contributed by atoms with Crippen LogP contribution in [0, 0.1) is 0 Å². The van der Waals surface area contributed by atoms with E-state index < -0.39 is 24.1 Å². The summed E-state index contributed by atoms with van der Waals surface area (Å²) in [4.78, 5) is 35.5. The molecule has 0 radical (unpaired) electrons. The van der Waals surface area contributed by atoms with Gasteiger partial charge in [0.2, 0.25) is 5.91 Å². The van der Waals surface area contributed by atoms with Gasteiger partial charge in [0, 0.05) is 6.54 Å². The molecule has 0 aliphatic carbocycles. The van der Waals surface area contributed by atoms with Gasteiger partial charge in [0.1, 0.15) is 6.04 Å². The first-order valence-electron chi connectivity index (χ1n) is 6.13.